The number of carbonyl (C=O) groups excluding carboxylic acids is 1. The smallest absolute Gasteiger partial charge is 0.220 e. The quantitative estimate of drug-likeness (QED) is 0.836. The van der Waals surface area contributed by atoms with Gasteiger partial charge in [0.1, 0.15) is 5.60 Å². The van der Waals surface area contributed by atoms with Gasteiger partial charge in [-0.2, -0.15) is 0 Å². The van der Waals surface area contributed by atoms with Crippen LogP contribution in [0.3, 0.4) is 0 Å². The summed E-state index contributed by atoms with van der Waals surface area (Å²) in [5.74, 6) is 0.418. The molecule has 2 unspecified atom stereocenters. The van der Waals surface area contributed by atoms with E-state index in [4.69, 9.17) is 0 Å². The third-order valence-electron chi connectivity index (χ3n) is 4.69. The van der Waals surface area contributed by atoms with Crippen LogP contribution in [0.5, 0.6) is 0 Å². The Kier molecular flexibility index (Phi) is 4.11. The van der Waals surface area contributed by atoms with Crippen molar-refractivity contribution in [3.8, 4) is 0 Å². The Labute approximate surface area is 126 Å². The van der Waals surface area contributed by atoms with E-state index in [1.165, 1.54) is 5.56 Å². The molecule has 2 N–H and O–H groups in total. The van der Waals surface area contributed by atoms with Gasteiger partial charge < -0.3 is 10.4 Å². The first-order chi connectivity index (χ1) is 10.2. The maximum Gasteiger partial charge on any atom is 0.220 e. The van der Waals surface area contributed by atoms with Crippen molar-refractivity contribution in [2.45, 2.75) is 44.1 Å². The first kappa shape index (κ1) is 14.3. The van der Waals surface area contributed by atoms with Crippen LogP contribution in [-0.4, -0.2) is 17.6 Å². The average molecular weight is 285 g/mol. The van der Waals surface area contributed by atoms with Gasteiger partial charge in [-0.05, 0) is 49.1 Å². The van der Waals surface area contributed by atoms with Crippen molar-refractivity contribution < 1.29 is 9.90 Å². The zero-order chi connectivity index (χ0) is 14.7. The predicted octanol–water partition coefficient (Wildman–Crippen LogP) is 2.68. The van der Waals surface area contributed by atoms with E-state index in [1.54, 1.807) is 0 Å². The van der Waals surface area contributed by atoms with Crippen LogP contribution in [0, 0.1) is 5.92 Å². The topological polar surface area (TPSA) is 49.3 Å². The first-order valence-corrected chi connectivity index (χ1v) is 7.91. The minimum absolute atomic E-state index is 0.0445. The summed E-state index contributed by atoms with van der Waals surface area (Å²) in [5.41, 5.74) is 1.28. The summed E-state index contributed by atoms with van der Waals surface area (Å²) < 4.78 is 0. The van der Waals surface area contributed by atoms with Crippen LogP contribution < -0.4 is 5.32 Å². The highest BCUT2D eigenvalue weighted by atomic mass is 16.3. The number of aliphatic hydroxyl groups is 1. The summed E-state index contributed by atoms with van der Waals surface area (Å²) in [6.45, 7) is 0.319. The highest BCUT2D eigenvalue weighted by Gasteiger charge is 2.34. The summed E-state index contributed by atoms with van der Waals surface area (Å²) in [4.78, 5) is 12.0. The summed E-state index contributed by atoms with van der Waals surface area (Å²) in [7, 11) is 0. The lowest BCUT2D eigenvalue weighted by Crippen LogP contribution is -2.43. The number of allylic oxidation sites excluding steroid dienone is 2. The highest BCUT2D eigenvalue weighted by molar-refractivity contribution is 5.76. The van der Waals surface area contributed by atoms with Crippen LogP contribution in [0.4, 0.5) is 0 Å². The minimum Gasteiger partial charge on any atom is -0.383 e. The zero-order valence-corrected chi connectivity index (χ0v) is 12.3. The summed E-state index contributed by atoms with van der Waals surface area (Å²) >= 11 is 0. The van der Waals surface area contributed by atoms with Crippen molar-refractivity contribution in [3.63, 3.8) is 0 Å². The Morgan fingerprint density at radius 1 is 1.38 bits per heavy atom. The van der Waals surface area contributed by atoms with Gasteiger partial charge >= 0.3 is 0 Å². The number of fused-ring (bicyclic) bond motifs is 1. The molecule has 21 heavy (non-hydrogen) atoms. The molecular weight excluding hydrogens is 262 g/mol. The van der Waals surface area contributed by atoms with Crippen LogP contribution >= 0.6 is 0 Å². The van der Waals surface area contributed by atoms with Crippen LogP contribution in [0.15, 0.2) is 36.4 Å². The van der Waals surface area contributed by atoms with E-state index in [9.17, 15) is 9.90 Å². The second-order valence-corrected chi connectivity index (χ2v) is 6.29. The van der Waals surface area contributed by atoms with Gasteiger partial charge in [0.2, 0.25) is 5.91 Å². The van der Waals surface area contributed by atoms with Crippen LogP contribution in [-0.2, 0) is 16.8 Å². The maximum absolute atomic E-state index is 12.0. The van der Waals surface area contributed by atoms with Crippen LogP contribution in [0.1, 0.15) is 43.2 Å². The van der Waals surface area contributed by atoms with Crippen LogP contribution in [0.25, 0.3) is 0 Å². The van der Waals surface area contributed by atoms with E-state index in [-0.39, 0.29) is 5.91 Å². The molecule has 2 aliphatic carbocycles. The molecule has 2 atom stereocenters. The molecule has 1 aromatic carbocycles. The van der Waals surface area contributed by atoms with Crippen molar-refractivity contribution in [2.24, 2.45) is 5.92 Å². The van der Waals surface area contributed by atoms with Gasteiger partial charge in [0.05, 0.1) is 6.54 Å². The van der Waals surface area contributed by atoms with Gasteiger partial charge in [-0.15, -0.1) is 0 Å². The van der Waals surface area contributed by atoms with E-state index in [2.05, 4.69) is 23.5 Å². The van der Waals surface area contributed by atoms with Crippen molar-refractivity contribution in [2.75, 3.05) is 6.54 Å². The largest absolute Gasteiger partial charge is 0.383 e. The molecule has 0 bridgehead atoms. The highest BCUT2D eigenvalue weighted by Crippen LogP contribution is 2.34. The van der Waals surface area contributed by atoms with Gasteiger partial charge in [0.15, 0.2) is 0 Å². The number of hydrogen-bond acceptors (Lipinski definition) is 2. The third-order valence-corrected chi connectivity index (χ3v) is 4.69. The van der Waals surface area contributed by atoms with E-state index >= 15 is 0 Å². The predicted molar refractivity (Wildman–Crippen MR) is 82.8 cm³/mol. The molecule has 0 aromatic heterocycles. The molecule has 3 heteroatoms. The summed E-state index contributed by atoms with van der Waals surface area (Å²) in [6, 6.07) is 8.03. The lowest BCUT2D eigenvalue weighted by Gasteiger charge is -2.34. The monoisotopic (exact) mass is 285 g/mol. The number of aryl methyl sites for hydroxylation is 1. The summed E-state index contributed by atoms with van der Waals surface area (Å²) in [6.07, 6.45) is 9.65. The van der Waals surface area contributed by atoms with Gasteiger partial charge in [-0.1, -0.05) is 36.4 Å². The van der Waals surface area contributed by atoms with Gasteiger partial charge in [-0.25, -0.2) is 0 Å². The molecule has 0 radical (unpaired) electrons. The number of carbonyl (C=O) groups is 1. The van der Waals surface area contributed by atoms with Gasteiger partial charge in [0.25, 0.3) is 0 Å². The molecule has 1 aromatic rings. The Balaban J connectivity index is 1.62. The first-order valence-electron chi connectivity index (χ1n) is 7.91. The minimum atomic E-state index is -0.907. The maximum atomic E-state index is 12.0. The number of amides is 1. The second-order valence-electron chi connectivity index (χ2n) is 6.29. The molecule has 0 fully saturated rings. The molecule has 0 heterocycles. The van der Waals surface area contributed by atoms with E-state index in [1.807, 2.05) is 18.2 Å². The molecule has 1 amide bonds. The molecule has 3 rings (SSSR count). The molecule has 2 aliphatic rings. The van der Waals surface area contributed by atoms with Crippen molar-refractivity contribution in [1.82, 2.24) is 5.32 Å². The second kappa shape index (κ2) is 6.02. The van der Waals surface area contributed by atoms with Gasteiger partial charge in [-0.3, -0.25) is 4.79 Å². The molecule has 0 saturated heterocycles. The zero-order valence-electron chi connectivity index (χ0n) is 12.3. The Morgan fingerprint density at radius 2 is 2.24 bits per heavy atom. The lowest BCUT2D eigenvalue weighted by molar-refractivity contribution is -0.123. The Morgan fingerprint density at radius 3 is 3.05 bits per heavy atom. The molecule has 112 valence electrons. The fraction of sp³-hybridized carbons (Fsp3) is 0.500. The lowest BCUT2D eigenvalue weighted by atomic mass is 9.79. The Hall–Kier alpha value is -1.61. The molecular formula is C18H23NO2. The Bertz CT molecular complexity index is 552. The van der Waals surface area contributed by atoms with Crippen LogP contribution in [0.2, 0.25) is 0 Å². The SMILES string of the molecule is O=C(CC1C=CCC1)NCC1(O)CCCc2ccccc21. The normalized spacial score (nSPS) is 27.4. The molecule has 0 aliphatic heterocycles. The van der Waals surface area contributed by atoms with Crippen molar-refractivity contribution in [1.29, 1.82) is 0 Å². The van der Waals surface area contributed by atoms with Crippen molar-refractivity contribution in [3.05, 3.63) is 47.5 Å². The van der Waals surface area contributed by atoms with Gasteiger partial charge in [0, 0.05) is 6.42 Å². The molecule has 0 saturated carbocycles. The third kappa shape index (κ3) is 3.18. The molecule has 3 nitrogen and oxygen atoms in total. The van der Waals surface area contributed by atoms with E-state index in [0.717, 1.165) is 31.2 Å². The van der Waals surface area contributed by atoms with Crippen molar-refractivity contribution >= 4 is 5.91 Å². The standard InChI is InChI=1S/C18H23NO2/c20-17(12-14-6-1-2-7-14)19-13-18(21)11-5-9-15-8-3-4-10-16(15)18/h1,3-4,6,8,10,14,21H,2,5,7,9,11-13H2,(H,19,20). The number of nitrogens with one attached hydrogen (secondary N) is 1. The van der Waals surface area contributed by atoms with E-state index < -0.39 is 5.60 Å². The average Bonchev–Trinajstić information content (AvgIpc) is 2.99. The fourth-order valence-electron chi connectivity index (χ4n) is 3.50. The number of hydrogen-bond donors (Lipinski definition) is 2. The summed E-state index contributed by atoms with van der Waals surface area (Å²) in [5, 5.41) is 13.8. The molecule has 0 spiro atoms. The number of benzene rings is 1. The number of rotatable bonds is 4. The van der Waals surface area contributed by atoms with E-state index in [0.29, 0.717) is 25.3 Å². The fourth-order valence-corrected chi connectivity index (χ4v) is 3.50.